The van der Waals surface area contributed by atoms with E-state index in [2.05, 4.69) is 17.0 Å². The fourth-order valence-electron chi connectivity index (χ4n) is 2.75. The van der Waals surface area contributed by atoms with E-state index in [0.717, 1.165) is 23.7 Å². The molecule has 4 nitrogen and oxygen atoms in total. The standard InChI is InChI=1S/C17H19N3O/c18-16-11-12-19(13-14-7-3-1-4-8-14)17(20(16)21)15-9-5-2-6-10-15/h1-10,17-18,21H,11-13H2. The monoisotopic (exact) mass is 281 g/mol. The van der Waals surface area contributed by atoms with E-state index in [1.807, 2.05) is 48.5 Å². The van der Waals surface area contributed by atoms with E-state index in [9.17, 15) is 5.21 Å². The highest BCUT2D eigenvalue weighted by Gasteiger charge is 2.32. The van der Waals surface area contributed by atoms with Gasteiger partial charge in [0, 0.05) is 19.5 Å². The molecule has 2 aromatic carbocycles. The predicted octanol–water partition coefficient (Wildman–Crippen LogP) is 3.26. The molecule has 2 N–H and O–H groups in total. The van der Waals surface area contributed by atoms with E-state index in [0.29, 0.717) is 6.42 Å². The lowest BCUT2D eigenvalue weighted by molar-refractivity contribution is -0.131. The van der Waals surface area contributed by atoms with Gasteiger partial charge in [-0.1, -0.05) is 60.7 Å². The SMILES string of the molecule is N=C1CCN(Cc2ccccc2)C(c2ccccc2)N1O. The van der Waals surface area contributed by atoms with Gasteiger partial charge in [-0.05, 0) is 11.1 Å². The van der Waals surface area contributed by atoms with Gasteiger partial charge in [-0.2, -0.15) is 0 Å². The molecule has 108 valence electrons. The molecule has 0 aliphatic carbocycles. The van der Waals surface area contributed by atoms with Gasteiger partial charge in [0.05, 0.1) is 0 Å². The van der Waals surface area contributed by atoms with Crippen molar-refractivity contribution in [2.45, 2.75) is 19.1 Å². The van der Waals surface area contributed by atoms with Crippen molar-refractivity contribution in [2.24, 2.45) is 0 Å². The van der Waals surface area contributed by atoms with Crippen LogP contribution in [0.4, 0.5) is 0 Å². The average molecular weight is 281 g/mol. The second-order valence-corrected chi connectivity index (χ2v) is 5.28. The zero-order valence-electron chi connectivity index (χ0n) is 11.8. The molecule has 1 aliphatic rings. The molecule has 0 aromatic heterocycles. The molecule has 0 saturated carbocycles. The number of hydroxylamine groups is 2. The molecule has 1 unspecified atom stereocenters. The smallest absolute Gasteiger partial charge is 0.136 e. The number of nitrogens with one attached hydrogen (secondary N) is 1. The van der Waals surface area contributed by atoms with Crippen LogP contribution < -0.4 is 0 Å². The summed E-state index contributed by atoms with van der Waals surface area (Å²) in [6, 6.07) is 20.1. The summed E-state index contributed by atoms with van der Waals surface area (Å²) in [5.74, 6) is 0.271. The van der Waals surface area contributed by atoms with Crippen LogP contribution in [0.1, 0.15) is 23.7 Å². The maximum atomic E-state index is 10.3. The molecule has 1 fully saturated rings. The molecule has 1 atom stereocenters. The first-order valence-electron chi connectivity index (χ1n) is 7.14. The Balaban J connectivity index is 1.88. The lowest BCUT2D eigenvalue weighted by Crippen LogP contribution is -2.48. The summed E-state index contributed by atoms with van der Waals surface area (Å²) in [6.07, 6.45) is 0.264. The summed E-state index contributed by atoms with van der Waals surface area (Å²) in [5, 5.41) is 19.3. The minimum atomic E-state index is -0.298. The highest BCUT2D eigenvalue weighted by atomic mass is 16.5. The highest BCUT2D eigenvalue weighted by molar-refractivity contribution is 5.79. The summed E-state index contributed by atoms with van der Waals surface area (Å²) in [5.41, 5.74) is 2.21. The van der Waals surface area contributed by atoms with Gasteiger partial charge in [-0.25, -0.2) is 5.06 Å². The fraction of sp³-hybridized carbons (Fsp3) is 0.235. The van der Waals surface area contributed by atoms with Gasteiger partial charge in [-0.15, -0.1) is 0 Å². The molecule has 4 heteroatoms. The third kappa shape index (κ3) is 2.96. The van der Waals surface area contributed by atoms with Crippen molar-refractivity contribution in [1.29, 1.82) is 5.41 Å². The Hall–Kier alpha value is -2.17. The van der Waals surface area contributed by atoms with E-state index in [4.69, 9.17) is 5.41 Å². The summed E-state index contributed by atoms with van der Waals surface area (Å²) < 4.78 is 0. The van der Waals surface area contributed by atoms with Crippen molar-refractivity contribution in [3.63, 3.8) is 0 Å². The quantitative estimate of drug-likeness (QED) is 0.908. The van der Waals surface area contributed by atoms with Crippen molar-refractivity contribution >= 4 is 5.84 Å². The van der Waals surface area contributed by atoms with Crippen LogP contribution in [0, 0.1) is 5.41 Å². The van der Waals surface area contributed by atoms with Gasteiger partial charge >= 0.3 is 0 Å². The second-order valence-electron chi connectivity index (χ2n) is 5.28. The van der Waals surface area contributed by atoms with Crippen LogP contribution in [0.25, 0.3) is 0 Å². The van der Waals surface area contributed by atoms with Crippen molar-refractivity contribution in [3.05, 3.63) is 71.8 Å². The number of hydrogen-bond acceptors (Lipinski definition) is 3. The van der Waals surface area contributed by atoms with Crippen LogP contribution in [0.2, 0.25) is 0 Å². The van der Waals surface area contributed by atoms with Crippen LogP contribution >= 0.6 is 0 Å². The van der Waals surface area contributed by atoms with Gasteiger partial charge in [0.1, 0.15) is 12.0 Å². The number of amidine groups is 1. The van der Waals surface area contributed by atoms with Crippen molar-refractivity contribution in [1.82, 2.24) is 9.96 Å². The van der Waals surface area contributed by atoms with Gasteiger partial charge in [0.2, 0.25) is 0 Å². The third-order valence-corrected chi connectivity index (χ3v) is 3.82. The molecule has 1 heterocycles. The molecule has 0 amide bonds. The lowest BCUT2D eigenvalue weighted by atomic mass is 10.1. The molecule has 0 bridgehead atoms. The lowest BCUT2D eigenvalue weighted by Gasteiger charge is -2.41. The largest absolute Gasteiger partial charge is 0.287 e. The molecule has 1 saturated heterocycles. The van der Waals surface area contributed by atoms with E-state index in [1.54, 1.807) is 0 Å². The van der Waals surface area contributed by atoms with Crippen molar-refractivity contribution in [2.75, 3.05) is 6.54 Å². The first-order chi connectivity index (χ1) is 10.3. The molecule has 2 aromatic rings. The summed E-state index contributed by atoms with van der Waals surface area (Å²) >= 11 is 0. The number of hydrogen-bond donors (Lipinski definition) is 2. The number of rotatable bonds is 3. The Kier molecular flexibility index (Phi) is 3.99. The van der Waals surface area contributed by atoms with Crippen LogP contribution in [-0.4, -0.2) is 27.6 Å². The average Bonchev–Trinajstić information content (AvgIpc) is 2.53. The first-order valence-corrected chi connectivity index (χ1v) is 7.14. The van der Waals surface area contributed by atoms with Crippen molar-refractivity contribution < 1.29 is 5.21 Å². The maximum absolute atomic E-state index is 10.3. The Labute approximate surface area is 124 Å². The van der Waals surface area contributed by atoms with Crippen molar-refractivity contribution in [3.8, 4) is 0 Å². The molecular weight excluding hydrogens is 262 g/mol. The first kappa shape index (κ1) is 13.8. The summed E-state index contributed by atoms with van der Waals surface area (Å²) in [4.78, 5) is 2.20. The molecule has 0 spiro atoms. The Morgan fingerprint density at radius 1 is 1.00 bits per heavy atom. The summed E-state index contributed by atoms with van der Waals surface area (Å²) in [7, 11) is 0. The number of benzene rings is 2. The Morgan fingerprint density at radius 2 is 1.62 bits per heavy atom. The summed E-state index contributed by atoms with van der Waals surface area (Å²) in [6.45, 7) is 1.52. The normalized spacial score (nSPS) is 19.8. The number of nitrogens with zero attached hydrogens (tertiary/aromatic N) is 2. The second kappa shape index (κ2) is 6.08. The van der Waals surface area contributed by atoms with Crippen LogP contribution in [0.15, 0.2) is 60.7 Å². The van der Waals surface area contributed by atoms with Crippen LogP contribution in [0.3, 0.4) is 0 Å². The molecular formula is C17H19N3O. The van der Waals surface area contributed by atoms with Crippen LogP contribution in [-0.2, 0) is 6.54 Å². The van der Waals surface area contributed by atoms with Crippen LogP contribution in [0.5, 0.6) is 0 Å². The molecule has 21 heavy (non-hydrogen) atoms. The van der Waals surface area contributed by atoms with Gasteiger partial charge in [0.15, 0.2) is 0 Å². The van der Waals surface area contributed by atoms with E-state index < -0.39 is 0 Å². The zero-order valence-corrected chi connectivity index (χ0v) is 11.8. The topological polar surface area (TPSA) is 50.6 Å². The maximum Gasteiger partial charge on any atom is 0.136 e. The Bertz CT molecular complexity index is 600. The van der Waals surface area contributed by atoms with Gasteiger partial charge in [-0.3, -0.25) is 15.5 Å². The minimum absolute atomic E-state index is 0.271. The molecule has 3 rings (SSSR count). The third-order valence-electron chi connectivity index (χ3n) is 3.82. The minimum Gasteiger partial charge on any atom is -0.287 e. The fourth-order valence-corrected chi connectivity index (χ4v) is 2.75. The highest BCUT2D eigenvalue weighted by Crippen LogP contribution is 2.29. The van der Waals surface area contributed by atoms with Gasteiger partial charge in [0.25, 0.3) is 0 Å². The predicted molar refractivity (Wildman–Crippen MR) is 82.0 cm³/mol. The van der Waals surface area contributed by atoms with E-state index >= 15 is 0 Å². The van der Waals surface area contributed by atoms with E-state index in [1.165, 1.54) is 5.56 Å². The Morgan fingerprint density at radius 3 is 2.29 bits per heavy atom. The molecule has 0 radical (unpaired) electrons. The van der Waals surface area contributed by atoms with E-state index in [-0.39, 0.29) is 12.0 Å². The zero-order chi connectivity index (χ0) is 14.7. The van der Waals surface area contributed by atoms with Gasteiger partial charge < -0.3 is 0 Å². The molecule has 1 aliphatic heterocycles.